The second kappa shape index (κ2) is 10.3. The second-order valence-electron chi connectivity index (χ2n) is 8.35. The SMILES string of the molecule is Cc1nc(CN(CC(C)C)C(=O)[C@H](Cc2cscn2)NC(=O)c2ccc3occc3c2)cs1. The van der Waals surface area contributed by atoms with Crippen LogP contribution in [0.3, 0.4) is 0 Å². The highest BCUT2D eigenvalue weighted by atomic mass is 32.1. The topological polar surface area (TPSA) is 88.3 Å². The van der Waals surface area contributed by atoms with Gasteiger partial charge in [-0.1, -0.05) is 13.8 Å². The number of rotatable bonds is 9. The molecule has 0 aliphatic heterocycles. The maximum atomic E-state index is 13.7. The Morgan fingerprint density at radius 3 is 2.73 bits per heavy atom. The first-order valence-corrected chi connectivity index (χ1v) is 12.6. The summed E-state index contributed by atoms with van der Waals surface area (Å²) in [6, 6.07) is 6.30. The highest BCUT2D eigenvalue weighted by Gasteiger charge is 2.28. The summed E-state index contributed by atoms with van der Waals surface area (Å²) in [5.41, 5.74) is 4.55. The van der Waals surface area contributed by atoms with E-state index in [2.05, 4.69) is 29.1 Å². The number of carbonyl (C=O) groups is 2. The van der Waals surface area contributed by atoms with E-state index in [1.165, 1.54) is 11.3 Å². The summed E-state index contributed by atoms with van der Waals surface area (Å²) < 4.78 is 5.36. The zero-order valence-electron chi connectivity index (χ0n) is 18.8. The number of benzene rings is 1. The Balaban J connectivity index is 1.58. The lowest BCUT2D eigenvalue weighted by Gasteiger charge is -2.28. The van der Waals surface area contributed by atoms with Gasteiger partial charge in [-0.2, -0.15) is 0 Å². The average molecular weight is 483 g/mol. The summed E-state index contributed by atoms with van der Waals surface area (Å²) in [5, 5.41) is 8.64. The van der Waals surface area contributed by atoms with Crippen molar-refractivity contribution in [3.63, 3.8) is 0 Å². The van der Waals surface area contributed by atoms with Crippen molar-refractivity contribution in [2.45, 2.75) is 39.8 Å². The molecule has 1 aromatic carbocycles. The number of nitrogens with zero attached hydrogens (tertiary/aromatic N) is 3. The van der Waals surface area contributed by atoms with Crippen molar-refractivity contribution in [3.8, 4) is 0 Å². The van der Waals surface area contributed by atoms with Crippen molar-refractivity contribution in [1.82, 2.24) is 20.2 Å². The smallest absolute Gasteiger partial charge is 0.251 e. The largest absolute Gasteiger partial charge is 0.464 e. The third-order valence-electron chi connectivity index (χ3n) is 5.13. The number of amides is 2. The Hall–Kier alpha value is -3.04. The van der Waals surface area contributed by atoms with Gasteiger partial charge in [0.15, 0.2) is 0 Å². The zero-order valence-corrected chi connectivity index (χ0v) is 20.4. The van der Waals surface area contributed by atoms with E-state index in [9.17, 15) is 9.59 Å². The number of furan rings is 1. The molecular weight excluding hydrogens is 456 g/mol. The number of carbonyl (C=O) groups excluding carboxylic acids is 2. The number of nitrogens with one attached hydrogen (secondary N) is 1. The Kier molecular flexibility index (Phi) is 7.20. The van der Waals surface area contributed by atoms with Gasteiger partial charge in [0.1, 0.15) is 11.6 Å². The lowest BCUT2D eigenvalue weighted by atomic mass is 10.1. The van der Waals surface area contributed by atoms with Crippen LogP contribution in [-0.4, -0.2) is 39.3 Å². The molecule has 7 nitrogen and oxygen atoms in total. The van der Waals surface area contributed by atoms with Crippen LogP contribution in [0.25, 0.3) is 11.0 Å². The van der Waals surface area contributed by atoms with E-state index in [1.54, 1.807) is 46.2 Å². The van der Waals surface area contributed by atoms with Crippen LogP contribution in [0.5, 0.6) is 0 Å². The fourth-order valence-electron chi connectivity index (χ4n) is 3.67. The fraction of sp³-hybridized carbons (Fsp3) is 0.333. The molecule has 0 bridgehead atoms. The summed E-state index contributed by atoms with van der Waals surface area (Å²) in [6.45, 7) is 7.07. The van der Waals surface area contributed by atoms with Crippen molar-refractivity contribution in [3.05, 3.63) is 68.8 Å². The third kappa shape index (κ3) is 5.85. The predicted molar refractivity (Wildman–Crippen MR) is 130 cm³/mol. The normalized spacial score (nSPS) is 12.2. The number of hydrogen-bond acceptors (Lipinski definition) is 7. The number of aromatic nitrogens is 2. The van der Waals surface area contributed by atoms with Gasteiger partial charge in [-0.05, 0) is 37.1 Å². The molecule has 1 N–H and O–H groups in total. The molecule has 3 heterocycles. The standard InChI is InChI=1S/C24H26N4O3S2/c1-15(2)10-28(11-20-13-33-16(3)26-20)24(30)21(9-19-12-32-14-25-19)27-23(29)18-4-5-22-17(8-18)6-7-31-22/h4-8,12-15,21H,9-11H2,1-3H3,(H,27,29)/t21-/m0/s1. The van der Waals surface area contributed by atoms with Crippen LogP contribution in [-0.2, 0) is 17.8 Å². The van der Waals surface area contributed by atoms with Crippen LogP contribution in [0.1, 0.15) is 40.6 Å². The van der Waals surface area contributed by atoms with Crippen LogP contribution < -0.4 is 5.32 Å². The Morgan fingerprint density at radius 2 is 2.03 bits per heavy atom. The van der Waals surface area contributed by atoms with Crippen LogP contribution in [0, 0.1) is 12.8 Å². The van der Waals surface area contributed by atoms with E-state index >= 15 is 0 Å². The third-order valence-corrected chi connectivity index (χ3v) is 6.59. The molecule has 0 radical (unpaired) electrons. The molecule has 0 saturated heterocycles. The molecule has 3 aromatic heterocycles. The summed E-state index contributed by atoms with van der Waals surface area (Å²) in [7, 11) is 0. The number of aryl methyl sites for hydroxylation is 1. The van der Waals surface area contributed by atoms with Crippen molar-refractivity contribution >= 4 is 45.5 Å². The number of thiazole rings is 2. The second-order valence-corrected chi connectivity index (χ2v) is 10.1. The van der Waals surface area contributed by atoms with Crippen LogP contribution in [0.2, 0.25) is 0 Å². The number of hydrogen-bond donors (Lipinski definition) is 1. The van der Waals surface area contributed by atoms with Crippen LogP contribution >= 0.6 is 22.7 Å². The zero-order chi connectivity index (χ0) is 23.4. The van der Waals surface area contributed by atoms with Gasteiger partial charge in [-0.15, -0.1) is 22.7 Å². The lowest BCUT2D eigenvalue weighted by Crippen LogP contribution is -2.50. The summed E-state index contributed by atoms with van der Waals surface area (Å²) in [6.07, 6.45) is 1.91. The van der Waals surface area contributed by atoms with E-state index < -0.39 is 6.04 Å². The Bertz CT molecular complexity index is 1230. The minimum Gasteiger partial charge on any atom is -0.464 e. The Labute approximate surface area is 200 Å². The fourth-order valence-corrected chi connectivity index (χ4v) is 4.84. The first-order valence-electron chi connectivity index (χ1n) is 10.7. The van der Waals surface area contributed by atoms with E-state index in [1.807, 2.05) is 23.8 Å². The van der Waals surface area contributed by atoms with Gasteiger partial charge in [-0.3, -0.25) is 9.59 Å². The number of fused-ring (bicyclic) bond motifs is 1. The van der Waals surface area contributed by atoms with E-state index in [-0.39, 0.29) is 17.7 Å². The lowest BCUT2D eigenvalue weighted by molar-refractivity contribution is -0.134. The van der Waals surface area contributed by atoms with Crippen LogP contribution in [0.4, 0.5) is 0 Å². The molecule has 9 heteroatoms. The average Bonchev–Trinajstić information content (AvgIpc) is 3.53. The summed E-state index contributed by atoms with van der Waals surface area (Å²) in [5.74, 6) is -0.173. The molecule has 4 rings (SSSR count). The monoisotopic (exact) mass is 482 g/mol. The van der Waals surface area contributed by atoms with E-state index in [0.717, 1.165) is 21.8 Å². The molecule has 0 fully saturated rings. The van der Waals surface area contributed by atoms with Crippen molar-refractivity contribution in [2.75, 3.05) is 6.54 Å². The molecule has 1 atom stereocenters. The van der Waals surface area contributed by atoms with Crippen molar-refractivity contribution in [2.24, 2.45) is 5.92 Å². The van der Waals surface area contributed by atoms with E-state index in [0.29, 0.717) is 30.7 Å². The van der Waals surface area contributed by atoms with Gasteiger partial charge in [-0.25, -0.2) is 9.97 Å². The molecule has 172 valence electrons. The van der Waals surface area contributed by atoms with Gasteiger partial charge in [0, 0.05) is 34.7 Å². The molecule has 2 amide bonds. The summed E-state index contributed by atoms with van der Waals surface area (Å²) in [4.78, 5) is 37.5. The van der Waals surface area contributed by atoms with Gasteiger partial charge in [0.2, 0.25) is 5.91 Å². The minimum absolute atomic E-state index is 0.139. The van der Waals surface area contributed by atoms with Gasteiger partial charge in [0.25, 0.3) is 5.91 Å². The molecular formula is C24H26N4O3S2. The predicted octanol–water partition coefficient (Wildman–Crippen LogP) is 4.68. The molecule has 0 unspecified atom stereocenters. The molecule has 0 aliphatic carbocycles. The molecule has 0 aliphatic rings. The van der Waals surface area contributed by atoms with Crippen molar-refractivity contribution < 1.29 is 14.0 Å². The highest BCUT2D eigenvalue weighted by Crippen LogP contribution is 2.18. The van der Waals surface area contributed by atoms with Crippen molar-refractivity contribution in [1.29, 1.82) is 0 Å². The maximum absolute atomic E-state index is 13.7. The molecule has 0 saturated carbocycles. The van der Waals surface area contributed by atoms with Crippen LogP contribution in [0.15, 0.2) is 51.2 Å². The summed E-state index contributed by atoms with van der Waals surface area (Å²) >= 11 is 3.03. The molecule has 4 aromatic rings. The van der Waals surface area contributed by atoms with Gasteiger partial charge in [0.05, 0.1) is 34.7 Å². The maximum Gasteiger partial charge on any atom is 0.251 e. The van der Waals surface area contributed by atoms with Gasteiger partial charge < -0.3 is 14.6 Å². The molecule has 0 spiro atoms. The Morgan fingerprint density at radius 1 is 1.18 bits per heavy atom. The van der Waals surface area contributed by atoms with E-state index in [4.69, 9.17) is 4.42 Å². The highest BCUT2D eigenvalue weighted by molar-refractivity contribution is 7.09. The first kappa shape index (κ1) is 23.1. The van der Waals surface area contributed by atoms with Gasteiger partial charge >= 0.3 is 0 Å². The first-order chi connectivity index (χ1) is 15.9. The quantitative estimate of drug-likeness (QED) is 0.374. The minimum atomic E-state index is -0.738. The molecule has 33 heavy (non-hydrogen) atoms.